The molecule has 0 saturated heterocycles. The van der Waals surface area contributed by atoms with Crippen molar-refractivity contribution in [2.75, 3.05) is 18.6 Å². The number of rotatable bonds is 7. The number of carboxylic acid groups (broad SMARTS) is 1. The third kappa shape index (κ3) is 4.25. The van der Waals surface area contributed by atoms with Gasteiger partial charge in [-0.1, -0.05) is 18.2 Å². The predicted molar refractivity (Wildman–Crippen MR) is 131 cm³/mol. The minimum atomic E-state index is -1.02. The van der Waals surface area contributed by atoms with Gasteiger partial charge in [-0.2, -0.15) is 5.26 Å². The number of fused-ring (bicyclic) bond motifs is 1. The first-order valence-corrected chi connectivity index (χ1v) is 10.9. The van der Waals surface area contributed by atoms with E-state index < -0.39 is 11.9 Å². The lowest BCUT2D eigenvalue weighted by atomic mass is 9.97. The second-order valence-corrected chi connectivity index (χ2v) is 8.40. The van der Waals surface area contributed by atoms with Gasteiger partial charge in [-0.3, -0.25) is 4.79 Å². The van der Waals surface area contributed by atoms with E-state index in [-0.39, 0.29) is 34.1 Å². The van der Waals surface area contributed by atoms with Gasteiger partial charge in [-0.25, -0.2) is 9.78 Å². The van der Waals surface area contributed by atoms with Crippen molar-refractivity contribution in [2.45, 2.75) is 6.61 Å². The normalized spacial score (nSPS) is 10.6. The van der Waals surface area contributed by atoms with Crippen LogP contribution in [0, 0.1) is 11.3 Å². The summed E-state index contributed by atoms with van der Waals surface area (Å²) < 4.78 is 11.4. The van der Waals surface area contributed by atoms with Gasteiger partial charge in [0, 0.05) is 10.9 Å². The lowest BCUT2D eigenvalue weighted by molar-refractivity contribution is 0.0696. The van der Waals surface area contributed by atoms with Crippen LogP contribution in [0.15, 0.2) is 42.5 Å². The smallest absolute Gasteiger partial charge is 0.335 e. The van der Waals surface area contributed by atoms with Crippen LogP contribution >= 0.6 is 11.3 Å². The number of nitrogens with two attached hydrogens (primary N) is 3. The molecule has 0 unspecified atom stereocenters. The molecular weight excluding hydrogens is 470 g/mol. The van der Waals surface area contributed by atoms with Crippen LogP contribution < -0.4 is 26.7 Å². The topological polar surface area (TPSA) is 188 Å². The van der Waals surface area contributed by atoms with Crippen molar-refractivity contribution in [3.8, 4) is 28.7 Å². The monoisotopic (exact) mass is 489 g/mol. The molecule has 0 aliphatic carbocycles. The van der Waals surface area contributed by atoms with Crippen molar-refractivity contribution in [3.63, 3.8) is 0 Å². The average Bonchev–Trinajstić information content (AvgIpc) is 3.17. The number of carbonyl (C=O) groups excluding carboxylic acids is 1. The van der Waals surface area contributed by atoms with Crippen LogP contribution in [0.3, 0.4) is 0 Å². The van der Waals surface area contributed by atoms with Crippen LogP contribution in [0.2, 0.25) is 0 Å². The van der Waals surface area contributed by atoms with Crippen molar-refractivity contribution >= 4 is 44.9 Å². The number of benzene rings is 2. The quantitative estimate of drug-likeness (QED) is 0.302. The van der Waals surface area contributed by atoms with Gasteiger partial charge in [-0.05, 0) is 35.4 Å². The molecule has 10 nitrogen and oxygen atoms in total. The lowest BCUT2D eigenvalue weighted by Gasteiger charge is -2.15. The summed E-state index contributed by atoms with van der Waals surface area (Å²) in [6.07, 6.45) is 0. The van der Waals surface area contributed by atoms with Gasteiger partial charge in [0.05, 0.1) is 18.4 Å². The number of hydrogen-bond donors (Lipinski definition) is 4. The Bertz CT molecular complexity index is 1520. The number of nitriles is 1. The van der Waals surface area contributed by atoms with E-state index in [9.17, 15) is 14.9 Å². The summed E-state index contributed by atoms with van der Waals surface area (Å²) in [4.78, 5) is 27.6. The first kappa shape index (κ1) is 23.3. The summed E-state index contributed by atoms with van der Waals surface area (Å²) in [7, 11) is 1.49. The molecule has 7 N–H and O–H groups in total. The standard InChI is InChI=1S/C24H19N5O5S/c1-33-15-7-6-13(8-16(15)34-10-11-2-4-12(5-3-11)24(31)32)17-14(9-25)21(27)29-23-18(17)19(26)20(35-23)22(28)30/h2-8H,10,26H2,1H3,(H2,27,29)(H2,28,30)(H,31,32). The van der Waals surface area contributed by atoms with Crippen LogP contribution in [-0.2, 0) is 6.61 Å². The van der Waals surface area contributed by atoms with Gasteiger partial charge in [0.2, 0.25) is 0 Å². The highest BCUT2D eigenvalue weighted by atomic mass is 32.1. The van der Waals surface area contributed by atoms with E-state index >= 15 is 0 Å². The fourth-order valence-corrected chi connectivity index (χ4v) is 4.57. The Balaban J connectivity index is 1.81. The second kappa shape index (κ2) is 9.20. The third-order valence-corrected chi connectivity index (χ3v) is 6.40. The number of hydrogen-bond acceptors (Lipinski definition) is 9. The molecular formula is C24H19N5O5S. The number of anilines is 2. The number of carbonyl (C=O) groups is 2. The van der Waals surface area contributed by atoms with Gasteiger partial charge >= 0.3 is 5.97 Å². The van der Waals surface area contributed by atoms with Crippen LogP contribution in [0.5, 0.6) is 11.5 Å². The van der Waals surface area contributed by atoms with Gasteiger partial charge < -0.3 is 31.8 Å². The number of aromatic nitrogens is 1. The highest BCUT2D eigenvalue weighted by molar-refractivity contribution is 7.21. The maximum Gasteiger partial charge on any atom is 0.335 e. The SMILES string of the molecule is COc1ccc(-c2c(C#N)c(N)nc3sc(C(N)=O)c(N)c23)cc1OCc1ccc(C(=O)O)cc1. The van der Waals surface area contributed by atoms with Crippen molar-refractivity contribution < 1.29 is 24.2 Å². The van der Waals surface area contributed by atoms with Gasteiger partial charge in [-0.15, -0.1) is 11.3 Å². The Morgan fingerprint density at radius 3 is 2.46 bits per heavy atom. The number of ether oxygens (including phenoxy) is 2. The number of nitrogen functional groups attached to an aromatic ring is 2. The molecule has 2 heterocycles. The first-order valence-electron chi connectivity index (χ1n) is 10.1. The molecule has 4 aromatic rings. The predicted octanol–water partition coefficient (Wildman–Crippen LogP) is 3.38. The van der Waals surface area contributed by atoms with Crippen LogP contribution in [-0.4, -0.2) is 29.1 Å². The van der Waals surface area contributed by atoms with Crippen molar-refractivity contribution in [1.29, 1.82) is 5.26 Å². The molecule has 0 aliphatic heterocycles. The lowest BCUT2D eigenvalue weighted by Crippen LogP contribution is -2.10. The number of primary amides is 1. The second-order valence-electron chi connectivity index (χ2n) is 7.40. The Labute approximate surface area is 203 Å². The number of nitrogens with zero attached hydrogens (tertiary/aromatic N) is 2. The molecule has 2 aromatic heterocycles. The molecule has 0 fully saturated rings. The first-order chi connectivity index (χ1) is 16.7. The largest absolute Gasteiger partial charge is 0.493 e. The molecule has 0 spiro atoms. The Kier molecular flexibility index (Phi) is 6.14. The fourth-order valence-electron chi connectivity index (χ4n) is 3.60. The third-order valence-electron chi connectivity index (χ3n) is 5.29. The summed E-state index contributed by atoms with van der Waals surface area (Å²) in [5.74, 6) is -0.937. The molecule has 2 aromatic carbocycles. The Morgan fingerprint density at radius 1 is 1.14 bits per heavy atom. The molecule has 35 heavy (non-hydrogen) atoms. The van der Waals surface area contributed by atoms with E-state index in [1.807, 2.05) is 0 Å². The van der Waals surface area contributed by atoms with E-state index in [0.29, 0.717) is 32.8 Å². The zero-order chi connectivity index (χ0) is 25.3. The molecule has 0 radical (unpaired) electrons. The zero-order valence-electron chi connectivity index (χ0n) is 18.4. The number of pyridine rings is 1. The van der Waals surface area contributed by atoms with Gasteiger partial charge in [0.25, 0.3) is 5.91 Å². The van der Waals surface area contributed by atoms with Gasteiger partial charge in [0.1, 0.15) is 33.8 Å². The van der Waals surface area contributed by atoms with Crippen LogP contribution in [0.25, 0.3) is 21.3 Å². The summed E-state index contributed by atoms with van der Waals surface area (Å²) in [6, 6.07) is 13.4. The molecule has 0 bridgehead atoms. The molecule has 0 saturated carbocycles. The summed E-state index contributed by atoms with van der Waals surface area (Å²) in [5.41, 5.74) is 19.8. The Hall–Kier alpha value is -4.82. The minimum absolute atomic E-state index is 0.0101. The fraction of sp³-hybridized carbons (Fsp3) is 0.0833. The highest BCUT2D eigenvalue weighted by Gasteiger charge is 2.24. The summed E-state index contributed by atoms with van der Waals surface area (Å²) in [5, 5.41) is 19.3. The number of carboxylic acids is 1. The number of thiophene rings is 1. The van der Waals surface area contributed by atoms with Crippen molar-refractivity contribution in [2.24, 2.45) is 5.73 Å². The summed E-state index contributed by atoms with van der Waals surface area (Å²) in [6.45, 7) is 0.130. The van der Waals surface area contributed by atoms with Crippen molar-refractivity contribution in [1.82, 2.24) is 4.98 Å². The molecule has 11 heteroatoms. The molecule has 1 amide bonds. The van der Waals surface area contributed by atoms with E-state index in [1.54, 1.807) is 30.3 Å². The van der Waals surface area contributed by atoms with E-state index in [4.69, 9.17) is 31.8 Å². The maximum atomic E-state index is 11.9. The van der Waals surface area contributed by atoms with E-state index in [0.717, 1.165) is 16.9 Å². The molecule has 0 atom stereocenters. The molecule has 4 rings (SSSR count). The van der Waals surface area contributed by atoms with Crippen molar-refractivity contribution in [3.05, 3.63) is 64.0 Å². The number of methoxy groups -OCH3 is 1. The van der Waals surface area contributed by atoms with Gasteiger partial charge in [0.15, 0.2) is 11.5 Å². The van der Waals surface area contributed by atoms with E-state index in [1.165, 1.54) is 19.2 Å². The van der Waals surface area contributed by atoms with Crippen LogP contribution in [0.1, 0.15) is 31.2 Å². The Morgan fingerprint density at radius 2 is 1.86 bits per heavy atom. The maximum absolute atomic E-state index is 11.9. The minimum Gasteiger partial charge on any atom is -0.493 e. The number of amides is 1. The van der Waals surface area contributed by atoms with E-state index in [2.05, 4.69) is 11.1 Å². The molecule has 0 aliphatic rings. The highest BCUT2D eigenvalue weighted by Crippen LogP contribution is 2.44. The average molecular weight is 490 g/mol. The molecule has 176 valence electrons. The van der Waals surface area contributed by atoms with Crippen LogP contribution in [0.4, 0.5) is 11.5 Å². The zero-order valence-corrected chi connectivity index (χ0v) is 19.2. The summed E-state index contributed by atoms with van der Waals surface area (Å²) >= 11 is 0.999. The number of aromatic carboxylic acids is 1.